The zero-order valence-corrected chi connectivity index (χ0v) is 12.9. The molecule has 124 valence electrons. The van der Waals surface area contributed by atoms with Crippen LogP contribution in [-0.4, -0.2) is 60.1 Å². The topological polar surface area (TPSA) is 95.9 Å². The van der Waals surface area contributed by atoms with Gasteiger partial charge in [0, 0.05) is 25.3 Å². The highest BCUT2D eigenvalue weighted by atomic mass is 16.5. The van der Waals surface area contributed by atoms with Crippen LogP contribution < -0.4 is 5.32 Å². The van der Waals surface area contributed by atoms with Gasteiger partial charge >= 0.3 is 5.97 Å². The predicted molar refractivity (Wildman–Crippen MR) is 81.9 cm³/mol. The Morgan fingerprint density at radius 2 is 2.00 bits per heavy atom. The van der Waals surface area contributed by atoms with Crippen molar-refractivity contribution in [1.29, 1.82) is 0 Å². The number of rotatable bonds is 6. The molecule has 2 N–H and O–H groups in total. The van der Waals surface area contributed by atoms with Crippen molar-refractivity contribution < 1.29 is 24.2 Å². The third kappa shape index (κ3) is 4.53. The molecule has 2 atom stereocenters. The summed E-state index contributed by atoms with van der Waals surface area (Å²) in [5.41, 5.74) is 0.471. The van der Waals surface area contributed by atoms with Crippen LogP contribution in [-0.2, 0) is 14.3 Å². The van der Waals surface area contributed by atoms with Gasteiger partial charge < -0.3 is 20.1 Å². The number of ether oxygens (including phenoxy) is 1. The molecule has 23 heavy (non-hydrogen) atoms. The molecule has 7 nitrogen and oxygen atoms in total. The summed E-state index contributed by atoms with van der Waals surface area (Å²) in [6.07, 6.45) is 0.187. The Balaban J connectivity index is 1.93. The highest BCUT2D eigenvalue weighted by molar-refractivity contribution is 5.96. The van der Waals surface area contributed by atoms with Gasteiger partial charge in [-0.25, -0.2) is 0 Å². The molecule has 2 amide bonds. The van der Waals surface area contributed by atoms with E-state index in [9.17, 15) is 14.4 Å². The quantitative estimate of drug-likeness (QED) is 0.796. The average Bonchev–Trinajstić information content (AvgIpc) is 2.95. The van der Waals surface area contributed by atoms with E-state index < -0.39 is 12.0 Å². The van der Waals surface area contributed by atoms with Gasteiger partial charge in [0.15, 0.2) is 0 Å². The second kappa shape index (κ2) is 7.73. The molecule has 1 saturated heterocycles. The van der Waals surface area contributed by atoms with Crippen molar-refractivity contribution in [2.75, 3.05) is 20.2 Å². The van der Waals surface area contributed by atoms with E-state index in [1.54, 1.807) is 30.3 Å². The lowest BCUT2D eigenvalue weighted by Crippen LogP contribution is -2.43. The van der Waals surface area contributed by atoms with Crippen molar-refractivity contribution in [3.05, 3.63) is 35.9 Å². The average molecular weight is 320 g/mol. The monoisotopic (exact) mass is 320 g/mol. The van der Waals surface area contributed by atoms with Gasteiger partial charge in [-0.15, -0.1) is 0 Å². The lowest BCUT2D eigenvalue weighted by Gasteiger charge is -2.23. The fraction of sp³-hybridized carbons (Fsp3) is 0.438. The Bertz CT molecular complexity index is 575. The first-order valence-electron chi connectivity index (χ1n) is 7.38. The smallest absolute Gasteiger partial charge is 0.305 e. The molecule has 0 radical (unpaired) electrons. The summed E-state index contributed by atoms with van der Waals surface area (Å²) < 4.78 is 5.22. The van der Waals surface area contributed by atoms with Crippen LogP contribution in [0.15, 0.2) is 30.3 Å². The van der Waals surface area contributed by atoms with Crippen molar-refractivity contribution in [1.82, 2.24) is 10.2 Å². The molecule has 1 fully saturated rings. The normalized spacial score (nSPS) is 20.3. The number of benzene rings is 1. The van der Waals surface area contributed by atoms with Crippen LogP contribution >= 0.6 is 0 Å². The van der Waals surface area contributed by atoms with Crippen LogP contribution in [0.25, 0.3) is 0 Å². The van der Waals surface area contributed by atoms with E-state index in [1.807, 2.05) is 0 Å². The van der Waals surface area contributed by atoms with Crippen LogP contribution in [0.4, 0.5) is 0 Å². The summed E-state index contributed by atoms with van der Waals surface area (Å²) in [6.45, 7) is 0.175. The minimum atomic E-state index is -0.960. The second-order valence-corrected chi connectivity index (χ2v) is 5.44. The lowest BCUT2D eigenvalue weighted by molar-refractivity contribution is -0.139. The summed E-state index contributed by atoms with van der Waals surface area (Å²) in [4.78, 5) is 36.6. The summed E-state index contributed by atoms with van der Waals surface area (Å²) in [5, 5.41) is 11.5. The van der Waals surface area contributed by atoms with E-state index in [0.29, 0.717) is 18.5 Å². The number of hydrogen-bond donors (Lipinski definition) is 2. The molecule has 0 aliphatic carbocycles. The Morgan fingerprint density at radius 3 is 2.61 bits per heavy atom. The maximum absolute atomic E-state index is 12.3. The number of amides is 2. The van der Waals surface area contributed by atoms with Gasteiger partial charge in [-0.05, 0) is 18.6 Å². The van der Waals surface area contributed by atoms with Gasteiger partial charge in [0.25, 0.3) is 5.91 Å². The highest BCUT2D eigenvalue weighted by Gasteiger charge is 2.36. The number of likely N-dealkylation sites (tertiary alicyclic amines) is 1. The van der Waals surface area contributed by atoms with E-state index in [2.05, 4.69) is 5.32 Å². The Kier molecular flexibility index (Phi) is 5.70. The maximum atomic E-state index is 12.3. The first kappa shape index (κ1) is 17.0. The van der Waals surface area contributed by atoms with Crippen molar-refractivity contribution >= 4 is 17.8 Å². The number of carboxylic acid groups (broad SMARTS) is 1. The van der Waals surface area contributed by atoms with E-state index in [0.717, 1.165) is 0 Å². The Morgan fingerprint density at radius 1 is 1.30 bits per heavy atom. The number of carbonyl (C=O) groups is 3. The van der Waals surface area contributed by atoms with Crippen LogP contribution in [0.5, 0.6) is 0 Å². The molecule has 1 heterocycles. The van der Waals surface area contributed by atoms with Gasteiger partial charge in [-0.1, -0.05) is 18.2 Å². The van der Waals surface area contributed by atoms with E-state index in [-0.39, 0.29) is 30.9 Å². The molecule has 0 spiro atoms. The fourth-order valence-corrected chi connectivity index (χ4v) is 2.69. The summed E-state index contributed by atoms with van der Waals surface area (Å²) in [7, 11) is 1.54. The maximum Gasteiger partial charge on any atom is 0.305 e. The number of hydrogen-bond acceptors (Lipinski definition) is 4. The molecule has 1 aliphatic rings. The molecular weight excluding hydrogens is 300 g/mol. The predicted octanol–water partition coefficient (Wildman–Crippen LogP) is 0.507. The van der Waals surface area contributed by atoms with Crippen molar-refractivity contribution in [3.63, 3.8) is 0 Å². The van der Waals surface area contributed by atoms with E-state index >= 15 is 0 Å². The van der Waals surface area contributed by atoms with Gasteiger partial charge in [0.1, 0.15) is 0 Å². The third-order valence-electron chi connectivity index (χ3n) is 3.88. The molecule has 0 saturated carbocycles. The fourth-order valence-electron chi connectivity index (χ4n) is 2.69. The first-order chi connectivity index (χ1) is 11.0. The molecule has 1 aromatic carbocycles. The number of nitrogens with zero attached hydrogens (tertiary/aromatic N) is 1. The van der Waals surface area contributed by atoms with Crippen LogP contribution in [0.1, 0.15) is 23.2 Å². The van der Waals surface area contributed by atoms with Crippen LogP contribution in [0.2, 0.25) is 0 Å². The van der Waals surface area contributed by atoms with Gasteiger partial charge in [-0.3, -0.25) is 14.4 Å². The zero-order chi connectivity index (χ0) is 16.8. The minimum Gasteiger partial charge on any atom is -0.481 e. The molecule has 0 aromatic heterocycles. The number of carbonyl (C=O) groups excluding carboxylic acids is 2. The van der Waals surface area contributed by atoms with Gasteiger partial charge in [0.2, 0.25) is 5.91 Å². The summed E-state index contributed by atoms with van der Waals surface area (Å²) in [6, 6.07) is 8.19. The van der Waals surface area contributed by atoms with Gasteiger partial charge in [-0.2, -0.15) is 0 Å². The highest BCUT2D eigenvalue weighted by Crippen LogP contribution is 2.22. The van der Waals surface area contributed by atoms with Crippen LogP contribution in [0.3, 0.4) is 0 Å². The molecular formula is C16H20N2O5. The van der Waals surface area contributed by atoms with Crippen LogP contribution in [0, 0.1) is 0 Å². The standard InChI is InChI=1S/C16H20N2O5/c1-23-13-7-12(8-15(20)21)18(10-13)14(19)9-17-16(22)11-5-3-2-4-6-11/h2-6,12-13H,7-10H2,1H3,(H,17,22)(H,20,21). The number of aliphatic carboxylic acids is 1. The van der Waals surface area contributed by atoms with Gasteiger partial charge in [0.05, 0.1) is 19.1 Å². The first-order valence-corrected chi connectivity index (χ1v) is 7.38. The minimum absolute atomic E-state index is 0.127. The van der Waals surface area contributed by atoms with Crippen molar-refractivity contribution in [2.45, 2.75) is 25.0 Å². The lowest BCUT2D eigenvalue weighted by atomic mass is 10.1. The molecule has 2 rings (SSSR count). The largest absolute Gasteiger partial charge is 0.481 e. The number of methoxy groups -OCH3 is 1. The summed E-state index contributed by atoms with van der Waals surface area (Å²) >= 11 is 0. The Hall–Kier alpha value is -2.41. The molecule has 7 heteroatoms. The number of carboxylic acids is 1. The van der Waals surface area contributed by atoms with E-state index in [4.69, 9.17) is 9.84 Å². The molecule has 0 bridgehead atoms. The van der Waals surface area contributed by atoms with Crippen molar-refractivity contribution in [2.24, 2.45) is 0 Å². The molecule has 1 aliphatic heterocycles. The second-order valence-electron chi connectivity index (χ2n) is 5.44. The summed E-state index contributed by atoms with van der Waals surface area (Å²) in [5.74, 6) is -1.60. The molecule has 1 aromatic rings. The number of nitrogens with one attached hydrogen (secondary N) is 1. The Labute approximate surface area is 134 Å². The van der Waals surface area contributed by atoms with E-state index in [1.165, 1.54) is 12.0 Å². The third-order valence-corrected chi connectivity index (χ3v) is 3.88. The SMILES string of the molecule is COC1CC(CC(=O)O)N(C(=O)CNC(=O)c2ccccc2)C1. The zero-order valence-electron chi connectivity index (χ0n) is 12.9. The van der Waals surface area contributed by atoms with Crippen molar-refractivity contribution in [3.8, 4) is 0 Å². The molecule has 2 unspecified atom stereocenters.